The van der Waals surface area contributed by atoms with E-state index in [4.69, 9.17) is 5.73 Å². The van der Waals surface area contributed by atoms with Crippen LogP contribution in [0.4, 0.5) is 0 Å². The Balaban J connectivity index is 2.40. The Morgan fingerprint density at radius 3 is 3.20 bits per heavy atom. The predicted octanol–water partition coefficient (Wildman–Crippen LogP) is 0.772. The van der Waals surface area contributed by atoms with Crippen molar-refractivity contribution in [2.45, 2.75) is 6.42 Å². The zero-order valence-corrected chi connectivity index (χ0v) is 5.75. The maximum atomic E-state index is 5.29. The zero-order chi connectivity index (χ0) is 7.23. The number of nitrogens with one attached hydrogen (secondary N) is 1. The molecule has 1 aromatic heterocycles. The van der Waals surface area contributed by atoms with Crippen molar-refractivity contribution in [2.24, 2.45) is 5.73 Å². The SMILES string of the molecule is NCCC=Cc1cn[nH]c1. The number of hydrogen-bond acceptors (Lipinski definition) is 2. The van der Waals surface area contributed by atoms with E-state index in [1.807, 2.05) is 18.3 Å². The summed E-state index contributed by atoms with van der Waals surface area (Å²) in [5.41, 5.74) is 6.38. The highest BCUT2D eigenvalue weighted by atomic mass is 15.1. The first-order chi connectivity index (χ1) is 4.93. The van der Waals surface area contributed by atoms with Crippen LogP contribution in [0, 0.1) is 0 Å². The molecular formula is C7H11N3. The van der Waals surface area contributed by atoms with Gasteiger partial charge in [-0.2, -0.15) is 5.10 Å². The molecule has 0 spiro atoms. The molecule has 0 saturated carbocycles. The van der Waals surface area contributed by atoms with Gasteiger partial charge < -0.3 is 5.73 Å². The van der Waals surface area contributed by atoms with Crippen LogP contribution in [0.2, 0.25) is 0 Å². The Labute approximate surface area is 59.9 Å². The number of rotatable bonds is 3. The van der Waals surface area contributed by atoms with E-state index in [1.54, 1.807) is 6.20 Å². The molecule has 10 heavy (non-hydrogen) atoms. The molecule has 0 atom stereocenters. The Morgan fingerprint density at radius 1 is 1.70 bits per heavy atom. The molecule has 0 amide bonds. The van der Waals surface area contributed by atoms with Crippen molar-refractivity contribution < 1.29 is 0 Å². The molecule has 0 aliphatic carbocycles. The smallest absolute Gasteiger partial charge is 0.0559 e. The van der Waals surface area contributed by atoms with Gasteiger partial charge in [0.25, 0.3) is 0 Å². The van der Waals surface area contributed by atoms with E-state index in [1.165, 1.54) is 0 Å². The summed E-state index contributed by atoms with van der Waals surface area (Å²) in [7, 11) is 0. The first kappa shape index (κ1) is 7.02. The van der Waals surface area contributed by atoms with Gasteiger partial charge in [-0.05, 0) is 13.0 Å². The third-order valence-electron chi connectivity index (χ3n) is 1.16. The lowest BCUT2D eigenvalue weighted by Gasteiger charge is -1.82. The highest BCUT2D eigenvalue weighted by molar-refractivity contribution is 5.46. The molecule has 3 N–H and O–H groups in total. The van der Waals surface area contributed by atoms with Gasteiger partial charge in [-0.3, -0.25) is 5.10 Å². The molecule has 0 aliphatic heterocycles. The summed E-state index contributed by atoms with van der Waals surface area (Å²) in [6.07, 6.45) is 8.56. The minimum absolute atomic E-state index is 0.703. The van der Waals surface area contributed by atoms with Crippen molar-refractivity contribution in [3.05, 3.63) is 24.0 Å². The number of aromatic amines is 1. The van der Waals surface area contributed by atoms with Crippen LogP contribution < -0.4 is 5.73 Å². The van der Waals surface area contributed by atoms with Crippen LogP contribution in [0.25, 0.3) is 6.08 Å². The number of hydrogen-bond donors (Lipinski definition) is 2. The summed E-state index contributed by atoms with van der Waals surface area (Å²) in [4.78, 5) is 0. The first-order valence-electron chi connectivity index (χ1n) is 3.29. The first-order valence-corrected chi connectivity index (χ1v) is 3.29. The van der Waals surface area contributed by atoms with E-state index in [0.29, 0.717) is 6.54 Å². The van der Waals surface area contributed by atoms with Crippen LogP contribution >= 0.6 is 0 Å². The minimum atomic E-state index is 0.703. The fourth-order valence-electron chi connectivity index (χ4n) is 0.668. The molecule has 0 aliphatic rings. The minimum Gasteiger partial charge on any atom is -0.330 e. The van der Waals surface area contributed by atoms with Crippen LogP contribution in [-0.4, -0.2) is 16.7 Å². The highest BCUT2D eigenvalue weighted by Gasteiger charge is 1.82. The van der Waals surface area contributed by atoms with Gasteiger partial charge in [0.1, 0.15) is 0 Å². The van der Waals surface area contributed by atoms with Crippen LogP contribution in [0.3, 0.4) is 0 Å². The molecule has 0 bridgehead atoms. The van der Waals surface area contributed by atoms with Crippen molar-refractivity contribution in [1.29, 1.82) is 0 Å². The standard InChI is InChI=1S/C7H11N3/c8-4-2-1-3-7-5-9-10-6-7/h1,3,5-6H,2,4,8H2,(H,9,10). The Hall–Kier alpha value is -1.09. The second-order valence-corrected chi connectivity index (χ2v) is 2.01. The second-order valence-electron chi connectivity index (χ2n) is 2.01. The van der Waals surface area contributed by atoms with E-state index >= 15 is 0 Å². The summed E-state index contributed by atoms with van der Waals surface area (Å²) in [5, 5.41) is 6.52. The Morgan fingerprint density at radius 2 is 2.60 bits per heavy atom. The molecular weight excluding hydrogens is 126 g/mol. The number of nitrogens with zero attached hydrogens (tertiary/aromatic N) is 1. The van der Waals surface area contributed by atoms with E-state index in [-0.39, 0.29) is 0 Å². The van der Waals surface area contributed by atoms with Crippen molar-refractivity contribution >= 4 is 6.08 Å². The molecule has 3 heteroatoms. The molecule has 0 aromatic carbocycles. The summed E-state index contributed by atoms with van der Waals surface area (Å²) in [6.45, 7) is 0.703. The lowest BCUT2D eigenvalue weighted by Crippen LogP contribution is -1.94. The van der Waals surface area contributed by atoms with Crippen molar-refractivity contribution in [1.82, 2.24) is 10.2 Å². The largest absolute Gasteiger partial charge is 0.330 e. The molecule has 1 heterocycles. The summed E-state index contributed by atoms with van der Waals surface area (Å²) in [6, 6.07) is 0. The van der Waals surface area contributed by atoms with E-state index in [9.17, 15) is 0 Å². The maximum absolute atomic E-state index is 5.29. The molecule has 1 rings (SSSR count). The van der Waals surface area contributed by atoms with Gasteiger partial charge in [-0.15, -0.1) is 0 Å². The quantitative estimate of drug-likeness (QED) is 0.646. The summed E-state index contributed by atoms with van der Waals surface area (Å²) in [5.74, 6) is 0. The number of H-pyrrole nitrogens is 1. The van der Waals surface area contributed by atoms with Crippen LogP contribution in [0.1, 0.15) is 12.0 Å². The van der Waals surface area contributed by atoms with E-state index in [0.717, 1.165) is 12.0 Å². The predicted molar refractivity (Wildman–Crippen MR) is 41.3 cm³/mol. The van der Waals surface area contributed by atoms with Gasteiger partial charge in [0, 0.05) is 11.8 Å². The monoisotopic (exact) mass is 137 g/mol. The lowest BCUT2D eigenvalue weighted by molar-refractivity contribution is 1.01. The van der Waals surface area contributed by atoms with Crippen LogP contribution in [0.15, 0.2) is 18.5 Å². The lowest BCUT2D eigenvalue weighted by atomic mass is 10.3. The van der Waals surface area contributed by atoms with Gasteiger partial charge in [-0.1, -0.05) is 12.2 Å². The average molecular weight is 137 g/mol. The van der Waals surface area contributed by atoms with Gasteiger partial charge in [0.2, 0.25) is 0 Å². The van der Waals surface area contributed by atoms with E-state index < -0.39 is 0 Å². The number of aromatic nitrogens is 2. The van der Waals surface area contributed by atoms with Gasteiger partial charge >= 0.3 is 0 Å². The molecule has 1 aromatic rings. The third kappa shape index (κ3) is 2.03. The maximum Gasteiger partial charge on any atom is 0.0559 e. The molecule has 0 saturated heterocycles. The zero-order valence-electron chi connectivity index (χ0n) is 5.75. The third-order valence-corrected chi connectivity index (χ3v) is 1.16. The Kier molecular flexibility index (Phi) is 2.70. The molecule has 0 fully saturated rings. The number of nitrogens with two attached hydrogens (primary N) is 1. The Bertz CT molecular complexity index is 189. The van der Waals surface area contributed by atoms with Gasteiger partial charge in [-0.25, -0.2) is 0 Å². The van der Waals surface area contributed by atoms with Crippen molar-refractivity contribution in [2.75, 3.05) is 6.54 Å². The van der Waals surface area contributed by atoms with Gasteiger partial charge in [0.05, 0.1) is 6.20 Å². The van der Waals surface area contributed by atoms with Crippen molar-refractivity contribution in [3.63, 3.8) is 0 Å². The van der Waals surface area contributed by atoms with Crippen LogP contribution in [0.5, 0.6) is 0 Å². The molecule has 0 unspecified atom stereocenters. The summed E-state index contributed by atoms with van der Waals surface area (Å²) < 4.78 is 0. The molecule has 0 radical (unpaired) electrons. The molecule has 54 valence electrons. The highest BCUT2D eigenvalue weighted by Crippen LogP contribution is 1.96. The molecule has 3 nitrogen and oxygen atoms in total. The van der Waals surface area contributed by atoms with E-state index in [2.05, 4.69) is 10.2 Å². The van der Waals surface area contributed by atoms with Gasteiger partial charge in [0.15, 0.2) is 0 Å². The average Bonchev–Trinajstić information content (AvgIpc) is 2.41. The summed E-state index contributed by atoms with van der Waals surface area (Å²) >= 11 is 0. The topological polar surface area (TPSA) is 54.7 Å². The van der Waals surface area contributed by atoms with Crippen LogP contribution in [-0.2, 0) is 0 Å². The normalized spacial score (nSPS) is 10.9. The second kappa shape index (κ2) is 3.85. The fourth-order valence-corrected chi connectivity index (χ4v) is 0.668. The fraction of sp³-hybridized carbons (Fsp3) is 0.286. The van der Waals surface area contributed by atoms with Crippen molar-refractivity contribution in [3.8, 4) is 0 Å².